The van der Waals surface area contributed by atoms with Gasteiger partial charge in [-0.15, -0.1) is 0 Å². The van der Waals surface area contributed by atoms with Crippen LogP contribution in [0.2, 0.25) is 0 Å². The molecule has 1 aliphatic heterocycles. The lowest BCUT2D eigenvalue weighted by molar-refractivity contribution is -0.129. The molecule has 1 rings (SSSR count). The normalized spacial score (nSPS) is 18.2. The van der Waals surface area contributed by atoms with Crippen LogP contribution in [0.4, 0.5) is 0 Å². The molecule has 82 valence electrons. The Labute approximate surface area is 85.2 Å². The number of carbonyl (C=O) groups is 1. The molecule has 0 radical (unpaired) electrons. The minimum absolute atomic E-state index is 0.0482. The fraction of sp³-hybridized carbons (Fsp3) is 0.889. The summed E-state index contributed by atoms with van der Waals surface area (Å²) < 4.78 is 22.4. The number of carbonyl (C=O) groups excluding carboxylic acids is 1. The van der Waals surface area contributed by atoms with E-state index >= 15 is 0 Å². The van der Waals surface area contributed by atoms with Crippen LogP contribution in [0.15, 0.2) is 0 Å². The van der Waals surface area contributed by atoms with Gasteiger partial charge in [0, 0.05) is 18.8 Å². The van der Waals surface area contributed by atoms with E-state index in [0.29, 0.717) is 0 Å². The van der Waals surface area contributed by atoms with Gasteiger partial charge < -0.3 is 4.90 Å². The van der Waals surface area contributed by atoms with Gasteiger partial charge in [0.15, 0.2) is 9.84 Å². The maximum atomic E-state index is 11.5. The lowest BCUT2D eigenvalue weighted by atomic mass is 10.1. The van der Waals surface area contributed by atoms with Crippen LogP contribution in [0.5, 0.6) is 0 Å². The van der Waals surface area contributed by atoms with E-state index in [0.717, 1.165) is 32.4 Å². The van der Waals surface area contributed by atoms with Gasteiger partial charge in [0.2, 0.25) is 5.91 Å². The Morgan fingerprint density at radius 2 is 1.79 bits per heavy atom. The largest absolute Gasteiger partial charge is 0.342 e. The first-order valence-corrected chi connectivity index (χ1v) is 6.85. The predicted octanol–water partition coefficient (Wildman–Crippen LogP) is 0.434. The van der Waals surface area contributed by atoms with Crippen molar-refractivity contribution in [1.29, 1.82) is 0 Å². The first-order chi connectivity index (χ1) is 6.55. The molecule has 0 aromatic carbocycles. The molecule has 0 unspecified atom stereocenters. The molecule has 0 aromatic rings. The van der Waals surface area contributed by atoms with E-state index in [1.54, 1.807) is 11.8 Å². The second-order valence-electron chi connectivity index (χ2n) is 3.62. The van der Waals surface area contributed by atoms with E-state index in [2.05, 4.69) is 0 Å². The molecule has 1 heterocycles. The van der Waals surface area contributed by atoms with Crippen LogP contribution >= 0.6 is 0 Å². The fourth-order valence-corrected chi connectivity index (χ4v) is 2.29. The van der Waals surface area contributed by atoms with Crippen LogP contribution in [-0.2, 0) is 14.6 Å². The standard InChI is InChI=1S/C9H17NO3S/c1-2-14(12,13)8-9(11)10-6-4-3-5-7-10/h2-8H2,1H3. The third-order valence-corrected chi connectivity index (χ3v) is 4.06. The monoisotopic (exact) mass is 219 g/mol. The summed E-state index contributed by atoms with van der Waals surface area (Å²) in [4.78, 5) is 13.2. The number of hydrogen-bond donors (Lipinski definition) is 0. The SMILES string of the molecule is CCS(=O)(=O)CC(=O)N1CCCCC1. The maximum Gasteiger partial charge on any atom is 0.237 e. The number of piperidine rings is 1. The minimum Gasteiger partial charge on any atom is -0.342 e. The van der Waals surface area contributed by atoms with Gasteiger partial charge in [-0.3, -0.25) is 4.79 Å². The third kappa shape index (κ3) is 3.29. The van der Waals surface area contributed by atoms with Crippen molar-refractivity contribution in [3.05, 3.63) is 0 Å². The van der Waals surface area contributed by atoms with Gasteiger partial charge in [0.05, 0.1) is 0 Å². The number of rotatable bonds is 3. The molecule has 0 aromatic heterocycles. The van der Waals surface area contributed by atoms with E-state index in [4.69, 9.17) is 0 Å². The van der Waals surface area contributed by atoms with E-state index in [-0.39, 0.29) is 17.4 Å². The molecule has 14 heavy (non-hydrogen) atoms. The Bertz CT molecular complexity index is 291. The van der Waals surface area contributed by atoms with Crippen LogP contribution < -0.4 is 0 Å². The van der Waals surface area contributed by atoms with Gasteiger partial charge >= 0.3 is 0 Å². The van der Waals surface area contributed by atoms with E-state index in [1.165, 1.54) is 0 Å². The number of hydrogen-bond acceptors (Lipinski definition) is 3. The first kappa shape index (κ1) is 11.5. The van der Waals surface area contributed by atoms with Crippen LogP contribution in [0.1, 0.15) is 26.2 Å². The molecule has 0 spiro atoms. The van der Waals surface area contributed by atoms with Crippen LogP contribution in [0, 0.1) is 0 Å². The number of likely N-dealkylation sites (tertiary alicyclic amines) is 1. The van der Waals surface area contributed by atoms with Gasteiger partial charge in [0.25, 0.3) is 0 Å². The molecule has 0 atom stereocenters. The van der Waals surface area contributed by atoms with Crippen molar-refractivity contribution < 1.29 is 13.2 Å². The van der Waals surface area contributed by atoms with E-state index < -0.39 is 9.84 Å². The van der Waals surface area contributed by atoms with E-state index in [9.17, 15) is 13.2 Å². The van der Waals surface area contributed by atoms with Crippen molar-refractivity contribution in [2.75, 3.05) is 24.6 Å². The Morgan fingerprint density at radius 1 is 1.21 bits per heavy atom. The summed E-state index contributed by atoms with van der Waals surface area (Å²) in [5.74, 6) is -0.498. The smallest absolute Gasteiger partial charge is 0.237 e. The van der Waals surface area contributed by atoms with Crippen molar-refractivity contribution in [2.24, 2.45) is 0 Å². The molecule has 1 fully saturated rings. The molecule has 1 saturated heterocycles. The summed E-state index contributed by atoms with van der Waals surface area (Å²) in [6, 6.07) is 0. The summed E-state index contributed by atoms with van der Waals surface area (Å²) in [5, 5.41) is 0. The molecule has 1 aliphatic rings. The highest BCUT2D eigenvalue weighted by Gasteiger charge is 2.21. The Balaban J connectivity index is 2.49. The van der Waals surface area contributed by atoms with Crippen LogP contribution in [-0.4, -0.2) is 43.8 Å². The highest BCUT2D eigenvalue weighted by Crippen LogP contribution is 2.09. The molecule has 0 saturated carbocycles. The van der Waals surface area contributed by atoms with Crippen molar-refractivity contribution >= 4 is 15.7 Å². The molecule has 1 amide bonds. The van der Waals surface area contributed by atoms with Crippen molar-refractivity contribution in [3.63, 3.8) is 0 Å². The minimum atomic E-state index is -3.16. The second kappa shape index (κ2) is 4.77. The summed E-state index contributed by atoms with van der Waals surface area (Å²) >= 11 is 0. The summed E-state index contributed by atoms with van der Waals surface area (Å²) in [6.45, 7) is 3.01. The van der Waals surface area contributed by atoms with Gasteiger partial charge in [-0.2, -0.15) is 0 Å². The van der Waals surface area contributed by atoms with Gasteiger partial charge in [-0.1, -0.05) is 6.92 Å². The van der Waals surface area contributed by atoms with Gasteiger partial charge in [0.1, 0.15) is 5.75 Å². The Hall–Kier alpha value is -0.580. The zero-order chi connectivity index (χ0) is 10.6. The first-order valence-electron chi connectivity index (χ1n) is 5.03. The average molecular weight is 219 g/mol. The Morgan fingerprint density at radius 3 is 2.29 bits per heavy atom. The maximum absolute atomic E-state index is 11.5. The summed E-state index contributed by atoms with van der Waals surface area (Å²) in [6.07, 6.45) is 3.14. The number of nitrogens with zero attached hydrogens (tertiary/aromatic N) is 1. The lowest BCUT2D eigenvalue weighted by Gasteiger charge is -2.26. The van der Waals surface area contributed by atoms with Crippen molar-refractivity contribution in [3.8, 4) is 0 Å². The second-order valence-corrected chi connectivity index (χ2v) is 5.97. The average Bonchev–Trinajstić information content (AvgIpc) is 2.19. The molecule has 0 aliphatic carbocycles. The van der Waals surface area contributed by atoms with Crippen LogP contribution in [0.25, 0.3) is 0 Å². The zero-order valence-corrected chi connectivity index (χ0v) is 9.35. The van der Waals surface area contributed by atoms with Crippen molar-refractivity contribution in [2.45, 2.75) is 26.2 Å². The highest BCUT2D eigenvalue weighted by molar-refractivity contribution is 7.92. The molecule has 0 bridgehead atoms. The van der Waals surface area contributed by atoms with E-state index in [1.807, 2.05) is 0 Å². The molecule has 0 N–H and O–H groups in total. The zero-order valence-electron chi connectivity index (χ0n) is 8.53. The topological polar surface area (TPSA) is 54.5 Å². The molecule has 4 nitrogen and oxygen atoms in total. The van der Waals surface area contributed by atoms with Crippen molar-refractivity contribution in [1.82, 2.24) is 4.90 Å². The highest BCUT2D eigenvalue weighted by atomic mass is 32.2. The number of sulfone groups is 1. The molecule has 5 heteroatoms. The molecular weight excluding hydrogens is 202 g/mol. The fourth-order valence-electron chi connectivity index (χ4n) is 1.52. The van der Waals surface area contributed by atoms with Gasteiger partial charge in [-0.25, -0.2) is 8.42 Å². The Kier molecular flexibility index (Phi) is 3.92. The quantitative estimate of drug-likeness (QED) is 0.692. The summed E-state index contributed by atoms with van der Waals surface area (Å²) in [5.41, 5.74) is 0. The molecular formula is C9H17NO3S. The predicted molar refractivity (Wildman–Crippen MR) is 54.8 cm³/mol. The third-order valence-electron chi connectivity index (χ3n) is 2.49. The van der Waals surface area contributed by atoms with Crippen LogP contribution in [0.3, 0.4) is 0 Å². The van der Waals surface area contributed by atoms with Gasteiger partial charge in [-0.05, 0) is 19.3 Å². The summed E-state index contributed by atoms with van der Waals surface area (Å²) in [7, 11) is -3.16. The number of amides is 1. The lowest BCUT2D eigenvalue weighted by Crippen LogP contribution is -2.39.